The van der Waals surface area contributed by atoms with E-state index in [1.54, 1.807) is 104 Å². The van der Waals surface area contributed by atoms with Crippen LogP contribution < -0.4 is 26.0 Å². The number of carbonyl (C=O) groups excluding carboxylic acids is 2. The van der Waals surface area contributed by atoms with Crippen molar-refractivity contribution in [2.24, 2.45) is 0 Å². The number of nitrogens with one attached hydrogen (secondary N) is 2. The van der Waals surface area contributed by atoms with Gasteiger partial charge in [0.25, 0.3) is 11.5 Å². The van der Waals surface area contributed by atoms with Gasteiger partial charge in [-0.25, -0.2) is 24.5 Å². The van der Waals surface area contributed by atoms with Crippen molar-refractivity contribution >= 4 is 47.4 Å². The summed E-state index contributed by atoms with van der Waals surface area (Å²) in [5.41, 5.74) is 1.31. The summed E-state index contributed by atoms with van der Waals surface area (Å²) in [4.78, 5) is 70.7. The molecule has 0 spiro atoms. The number of fused-ring (bicyclic) bond motifs is 1. The molecule has 2 aliphatic rings. The molecule has 3 aromatic heterocycles. The summed E-state index contributed by atoms with van der Waals surface area (Å²) >= 11 is 6.31. The molecule has 11 rings (SSSR count). The third-order valence-corrected chi connectivity index (χ3v) is 17.4. The Labute approximate surface area is 509 Å². The largest absolute Gasteiger partial charge is 0.497 e. The van der Waals surface area contributed by atoms with Crippen molar-refractivity contribution in [2.75, 3.05) is 46.5 Å². The molecule has 0 saturated carbocycles. The van der Waals surface area contributed by atoms with Crippen LogP contribution in [0.4, 0.5) is 5.82 Å². The minimum Gasteiger partial charge on any atom is -0.497 e. The van der Waals surface area contributed by atoms with Gasteiger partial charge in [0.05, 0.1) is 70.1 Å². The molecule has 24 heteroatoms. The predicted octanol–water partition coefficient (Wildman–Crippen LogP) is 9.30. The number of imidazole rings is 1. The van der Waals surface area contributed by atoms with Gasteiger partial charge >= 0.3 is 18.4 Å². The Hall–Kier alpha value is -9.05. The van der Waals surface area contributed by atoms with Crippen LogP contribution in [0.15, 0.2) is 198 Å². The van der Waals surface area contributed by atoms with Gasteiger partial charge in [-0.1, -0.05) is 121 Å². The summed E-state index contributed by atoms with van der Waals surface area (Å²) in [6.07, 6.45) is -3.87. The number of anilines is 1. The lowest BCUT2D eigenvalue weighted by molar-refractivity contribution is -0.0942. The highest BCUT2D eigenvalue weighted by Crippen LogP contribution is 2.55. The van der Waals surface area contributed by atoms with Gasteiger partial charge < -0.3 is 52.0 Å². The number of ether oxygens (including phenoxy) is 7. The summed E-state index contributed by atoms with van der Waals surface area (Å²) in [5, 5.41) is 12.6. The number of aromatic nitrogens is 6. The van der Waals surface area contributed by atoms with Crippen molar-refractivity contribution in [3.05, 3.63) is 237 Å². The fraction of sp³-hybridized carbons (Fsp3) is 0.250. The van der Waals surface area contributed by atoms with Gasteiger partial charge in [0.1, 0.15) is 48.0 Å². The van der Waals surface area contributed by atoms with Gasteiger partial charge in [-0.2, -0.15) is 5.26 Å². The normalized spacial score (nSPS) is 19.8. The Kier molecular flexibility index (Phi) is 18.8. The Morgan fingerprint density at radius 3 is 1.97 bits per heavy atom. The number of hydrogen-bond donors (Lipinski definition) is 2. The number of hydrogen-bond acceptors (Lipinski definition) is 19. The van der Waals surface area contributed by atoms with E-state index in [4.69, 9.17) is 58.5 Å². The Bertz CT molecular complexity index is 4040. The topological polar surface area (TPSA) is 261 Å². The molecule has 450 valence electrons. The molecule has 0 bridgehead atoms. The summed E-state index contributed by atoms with van der Waals surface area (Å²) in [7, 11) is 4.59. The molecule has 88 heavy (non-hydrogen) atoms. The average Bonchev–Trinajstić information content (AvgIpc) is 1.45. The zero-order valence-electron chi connectivity index (χ0n) is 47.7. The van der Waals surface area contributed by atoms with E-state index in [0.29, 0.717) is 33.8 Å². The highest BCUT2D eigenvalue weighted by Gasteiger charge is 2.51. The lowest BCUT2D eigenvalue weighted by atomic mass is 9.80. The molecule has 1 amide bonds. The number of methoxy groups -OCH3 is 3. The minimum absolute atomic E-state index is 0.0740. The van der Waals surface area contributed by atoms with E-state index in [1.165, 1.54) is 30.5 Å². The first-order valence-electron chi connectivity index (χ1n) is 27.9. The lowest BCUT2D eigenvalue weighted by Gasteiger charge is -2.37. The highest BCUT2D eigenvalue weighted by atomic mass is 32.5. The number of nitrogens with zero attached hydrogens (tertiary/aromatic N) is 6. The van der Waals surface area contributed by atoms with E-state index in [1.807, 2.05) is 84.9 Å². The second-order valence-electron chi connectivity index (χ2n) is 20.3. The van der Waals surface area contributed by atoms with Gasteiger partial charge in [-0.3, -0.25) is 23.7 Å². The van der Waals surface area contributed by atoms with Crippen LogP contribution in [0, 0.1) is 11.3 Å². The van der Waals surface area contributed by atoms with Crippen molar-refractivity contribution in [3.8, 4) is 28.7 Å². The van der Waals surface area contributed by atoms with Crippen LogP contribution in [0.2, 0.25) is 0 Å². The fourth-order valence-electron chi connectivity index (χ4n) is 10.7. The molecule has 2 saturated heterocycles. The van der Waals surface area contributed by atoms with E-state index in [-0.39, 0.29) is 54.2 Å². The van der Waals surface area contributed by atoms with Crippen molar-refractivity contribution in [3.63, 3.8) is 0 Å². The zero-order chi connectivity index (χ0) is 61.2. The predicted molar refractivity (Wildman–Crippen MR) is 325 cm³/mol. The molecule has 6 aromatic carbocycles. The fourth-order valence-corrected chi connectivity index (χ4v) is 12.8. The molecule has 0 radical (unpaired) electrons. The van der Waals surface area contributed by atoms with Gasteiger partial charge in [0, 0.05) is 25.3 Å². The lowest BCUT2D eigenvalue weighted by Crippen LogP contribution is -2.40. The number of carbonyl (C=O) groups is 2. The van der Waals surface area contributed by atoms with Gasteiger partial charge in [0.2, 0.25) is 0 Å². The van der Waals surface area contributed by atoms with Crippen molar-refractivity contribution in [2.45, 2.75) is 61.4 Å². The van der Waals surface area contributed by atoms with E-state index in [2.05, 4.69) is 31.3 Å². The molecule has 9 aromatic rings. The van der Waals surface area contributed by atoms with Crippen LogP contribution in [-0.4, -0.2) is 113 Å². The number of esters is 1. The van der Waals surface area contributed by atoms with Crippen LogP contribution in [0.3, 0.4) is 0 Å². The molecule has 2 fully saturated rings. The summed E-state index contributed by atoms with van der Waals surface area (Å²) in [6, 6.07) is 52.5. The molecule has 4 unspecified atom stereocenters. The Morgan fingerprint density at radius 2 is 1.34 bits per heavy atom. The third kappa shape index (κ3) is 13.0. The number of aromatic amines is 1. The number of nitriles is 1. The maximum absolute atomic E-state index is 14.0. The van der Waals surface area contributed by atoms with Crippen LogP contribution in [0.5, 0.6) is 11.5 Å². The molecule has 8 atom stereocenters. The van der Waals surface area contributed by atoms with E-state index >= 15 is 0 Å². The number of amides is 1. The highest BCUT2D eigenvalue weighted by molar-refractivity contribution is 8.07. The molecule has 2 aliphatic heterocycles. The van der Waals surface area contributed by atoms with Crippen LogP contribution in [-0.2, 0) is 54.7 Å². The van der Waals surface area contributed by atoms with Crippen molar-refractivity contribution in [1.29, 1.82) is 5.26 Å². The van der Waals surface area contributed by atoms with Gasteiger partial charge in [-0.15, -0.1) is 0 Å². The van der Waals surface area contributed by atoms with Crippen LogP contribution >= 0.6 is 6.72 Å². The first kappa shape index (κ1) is 60.6. The second kappa shape index (κ2) is 27.3. The minimum atomic E-state index is -4.12. The molecule has 22 nitrogen and oxygen atoms in total. The quantitative estimate of drug-likeness (QED) is 0.0247. The number of rotatable bonds is 24. The van der Waals surface area contributed by atoms with Gasteiger partial charge in [0.15, 0.2) is 29.3 Å². The average molecular weight is 1230 g/mol. The zero-order valence-corrected chi connectivity index (χ0v) is 49.4. The SMILES string of the molecule is COc1ccc(C(OC[C@H]2O[C@@H](n3cc(-c4ccccc4)c(=O)[nH]c3=O)CC2OP(=S)(OCCC#N)OC[C@H]2O[C@@H](n3cnc4c(NC(=O)c5ccccc5)ncnc43)C(OC)C2OC(=O)c2ccccc2)(c2ccccc2)c2ccc(OC)cc2)cc1. The number of benzene rings is 6. The second-order valence-corrected chi connectivity index (χ2v) is 23.2. The maximum Gasteiger partial charge on any atom is 0.338 e. The first-order chi connectivity index (χ1) is 42.9. The van der Waals surface area contributed by atoms with Gasteiger partial charge in [-0.05, 0) is 82.6 Å². The van der Waals surface area contributed by atoms with Crippen LogP contribution in [0.1, 0.15) is 62.7 Å². The molecule has 2 N–H and O–H groups in total. The Balaban J connectivity index is 0.952. The molecular formula is C64H59N8O14PS. The molecular weight excluding hydrogens is 1170 g/mol. The van der Waals surface area contributed by atoms with Crippen molar-refractivity contribution < 1.29 is 56.3 Å². The number of H-pyrrole nitrogens is 1. The van der Waals surface area contributed by atoms with E-state index < -0.39 is 85.0 Å². The third-order valence-electron chi connectivity index (χ3n) is 15.0. The summed E-state index contributed by atoms with van der Waals surface area (Å²) in [6.45, 7) is -5.03. The first-order valence-corrected chi connectivity index (χ1v) is 30.5. The standard InChI is InChI=1S/C64H59N8O14PS/c1-77-47-29-25-45(26-30-47)64(44-23-14-7-15-24-44,46-27-31-48(78-2)32-28-46)80-37-51-50(35-53(83-51)71-36-49(60(74)70-63(71)76)41-17-8-4-9-18-41)86-87(88,81-34-16-33-65)82-38-52-55(85-62(75)43-21-12-6-13-22-43)56(79-3)61(84-52)72-40-68-54-57(66-39-67-58(54)72)69-59(73)42-19-10-5-11-20-42/h4-15,17-32,36,39-40,50-53,55-56,61H,16,34-35,37-38H2,1-3H3,(H,70,74,76)(H,66,67,69,73)/t50?,51-,52-,53-,55?,56?,61-,87?/m1/s1. The molecule has 5 heterocycles. The molecule has 0 aliphatic carbocycles. The van der Waals surface area contributed by atoms with Crippen molar-refractivity contribution in [1.82, 2.24) is 29.1 Å². The van der Waals surface area contributed by atoms with Crippen LogP contribution in [0.25, 0.3) is 22.3 Å². The van der Waals surface area contributed by atoms with E-state index in [9.17, 15) is 24.4 Å². The maximum atomic E-state index is 14.0. The monoisotopic (exact) mass is 1230 g/mol. The smallest absolute Gasteiger partial charge is 0.338 e. The summed E-state index contributed by atoms with van der Waals surface area (Å²) in [5.74, 6) is 0.222. The van der Waals surface area contributed by atoms with E-state index in [0.717, 1.165) is 5.56 Å². The summed E-state index contributed by atoms with van der Waals surface area (Å²) < 4.78 is 67.4. The Morgan fingerprint density at radius 1 is 0.727 bits per heavy atom.